The molecule has 0 atom stereocenters. The molecule has 0 aliphatic heterocycles. The Morgan fingerprint density at radius 3 is 2.85 bits per heavy atom. The third-order valence-electron chi connectivity index (χ3n) is 3.01. The van der Waals surface area contributed by atoms with Crippen molar-refractivity contribution in [3.63, 3.8) is 0 Å². The normalized spacial score (nSPS) is 12.6. The van der Waals surface area contributed by atoms with Gasteiger partial charge in [-0.25, -0.2) is 9.98 Å². The Morgan fingerprint density at radius 2 is 2.25 bits per heavy atom. The summed E-state index contributed by atoms with van der Waals surface area (Å²) in [5.41, 5.74) is 8.22. The number of fused-ring (bicyclic) bond motifs is 1. The quantitative estimate of drug-likeness (QED) is 0.505. The van der Waals surface area contributed by atoms with Crippen molar-refractivity contribution in [1.82, 2.24) is 9.55 Å². The Labute approximate surface area is 123 Å². The van der Waals surface area contributed by atoms with E-state index in [9.17, 15) is 5.11 Å². The molecule has 0 bridgehead atoms. The second-order valence-corrected chi connectivity index (χ2v) is 5.18. The third-order valence-corrected chi connectivity index (χ3v) is 3.28. The molecule has 6 heteroatoms. The average Bonchev–Trinajstić information content (AvgIpc) is 2.77. The van der Waals surface area contributed by atoms with Crippen LogP contribution in [0, 0.1) is 0 Å². The van der Waals surface area contributed by atoms with Gasteiger partial charge in [-0.1, -0.05) is 13.8 Å². The number of imidazole rings is 1. The van der Waals surface area contributed by atoms with Gasteiger partial charge >= 0.3 is 0 Å². The first-order valence-electron chi connectivity index (χ1n) is 6.56. The van der Waals surface area contributed by atoms with E-state index in [4.69, 9.17) is 17.3 Å². The number of hydrogen-bond donors (Lipinski definition) is 2. The number of aliphatic hydroxyl groups is 1. The summed E-state index contributed by atoms with van der Waals surface area (Å²) in [6, 6.07) is 5.71. The van der Waals surface area contributed by atoms with E-state index in [-0.39, 0.29) is 18.4 Å². The predicted octanol–water partition coefficient (Wildman–Crippen LogP) is 2.38. The lowest BCUT2D eigenvalue weighted by Crippen LogP contribution is -2.12. The molecule has 1 aromatic heterocycles. The van der Waals surface area contributed by atoms with E-state index >= 15 is 0 Å². The molecule has 3 N–H and O–H groups in total. The number of benzene rings is 1. The molecule has 0 aliphatic rings. The molecule has 0 radical (unpaired) electrons. The molecular weight excluding hydrogens is 276 g/mol. The summed E-state index contributed by atoms with van der Waals surface area (Å²) < 4.78 is 2.04. The van der Waals surface area contributed by atoms with Crippen LogP contribution in [-0.2, 0) is 6.54 Å². The summed E-state index contributed by atoms with van der Waals surface area (Å²) in [5.74, 6) is 1.83. The predicted molar refractivity (Wildman–Crippen MR) is 82.9 cm³/mol. The Morgan fingerprint density at radius 1 is 1.50 bits per heavy atom. The standard InChI is InChI=1S/C14H19ClN4O/c1-9(2)14-18-11-7-10(17-13(16)8-15)3-4-12(11)19(14)5-6-20/h3-4,7,9,20H,5-6,8H2,1-2H3,(H2,16,17). The average molecular weight is 295 g/mol. The van der Waals surface area contributed by atoms with Crippen LogP contribution in [0.15, 0.2) is 23.2 Å². The van der Waals surface area contributed by atoms with Crippen molar-refractivity contribution in [1.29, 1.82) is 0 Å². The van der Waals surface area contributed by atoms with E-state index in [0.717, 1.165) is 22.5 Å². The van der Waals surface area contributed by atoms with Gasteiger partial charge in [0.05, 0.1) is 29.2 Å². The minimum absolute atomic E-state index is 0.0876. The first-order valence-corrected chi connectivity index (χ1v) is 7.10. The molecule has 108 valence electrons. The summed E-state index contributed by atoms with van der Waals surface area (Å²) in [6.07, 6.45) is 0. The monoisotopic (exact) mass is 294 g/mol. The molecule has 5 nitrogen and oxygen atoms in total. The van der Waals surface area contributed by atoms with Crippen molar-refractivity contribution < 1.29 is 5.11 Å². The lowest BCUT2D eigenvalue weighted by atomic mass is 10.2. The Kier molecular flexibility index (Phi) is 4.62. The number of rotatable bonds is 5. The fourth-order valence-electron chi connectivity index (χ4n) is 2.18. The summed E-state index contributed by atoms with van der Waals surface area (Å²) in [4.78, 5) is 8.85. The lowest BCUT2D eigenvalue weighted by molar-refractivity contribution is 0.275. The van der Waals surface area contributed by atoms with Crippen molar-refractivity contribution in [3.05, 3.63) is 24.0 Å². The molecule has 0 spiro atoms. The molecule has 1 heterocycles. The number of nitrogens with zero attached hydrogens (tertiary/aromatic N) is 3. The van der Waals surface area contributed by atoms with Crippen molar-refractivity contribution in [2.75, 3.05) is 12.5 Å². The maximum Gasteiger partial charge on any atom is 0.115 e. The number of aliphatic hydroxyl groups excluding tert-OH is 1. The van der Waals surface area contributed by atoms with Gasteiger partial charge in [0.25, 0.3) is 0 Å². The van der Waals surface area contributed by atoms with E-state index in [1.807, 2.05) is 22.8 Å². The van der Waals surface area contributed by atoms with Crippen molar-refractivity contribution >= 4 is 34.2 Å². The zero-order valence-corrected chi connectivity index (χ0v) is 12.4. The fraction of sp³-hybridized carbons (Fsp3) is 0.429. The first-order chi connectivity index (χ1) is 9.56. The van der Waals surface area contributed by atoms with E-state index in [1.165, 1.54) is 0 Å². The summed E-state index contributed by atoms with van der Waals surface area (Å²) in [7, 11) is 0. The molecule has 0 saturated carbocycles. The Balaban J connectivity index is 2.54. The van der Waals surface area contributed by atoms with E-state index in [1.54, 1.807) is 0 Å². The van der Waals surface area contributed by atoms with Gasteiger partial charge in [0, 0.05) is 12.5 Å². The highest BCUT2D eigenvalue weighted by Crippen LogP contribution is 2.25. The number of nitrogens with two attached hydrogens (primary N) is 1. The highest BCUT2D eigenvalue weighted by atomic mass is 35.5. The minimum atomic E-state index is 0.0876. The van der Waals surface area contributed by atoms with Crippen LogP contribution in [0.1, 0.15) is 25.6 Å². The number of alkyl halides is 1. The molecule has 0 unspecified atom stereocenters. The first kappa shape index (κ1) is 14.8. The summed E-state index contributed by atoms with van der Waals surface area (Å²) in [6.45, 7) is 4.79. The molecule has 0 saturated heterocycles. The SMILES string of the molecule is CC(C)c1nc2cc(N=C(N)CCl)ccc2n1CCO. The Bertz CT molecular complexity index is 633. The number of halogens is 1. The van der Waals surface area contributed by atoms with Crippen LogP contribution in [0.4, 0.5) is 5.69 Å². The van der Waals surface area contributed by atoms with E-state index in [2.05, 4.69) is 23.8 Å². The van der Waals surface area contributed by atoms with Crippen LogP contribution in [0.5, 0.6) is 0 Å². The van der Waals surface area contributed by atoms with E-state index < -0.39 is 0 Å². The second-order valence-electron chi connectivity index (χ2n) is 4.91. The Hall–Kier alpha value is -1.59. The summed E-state index contributed by atoms with van der Waals surface area (Å²) in [5, 5.41) is 9.21. The maximum atomic E-state index is 9.21. The molecule has 20 heavy (non-hydrogen) atoms. The minimum Gasteiger partial charge on any atom is -0.395 e. The number of hydrogen-bond acceptors (Lipinski definition) is 3. The van der Waals surface area contributed by atoms with Crippen molar-refractivity contribution in [3.8, 4) is 0 Å². The third kappa shape index (κ3) is 2.94. The van der Waals surface area contributed by atoms with E-state index in [0.29, 0.717) is 12.4 Å². The van der Waals surface area contributed by atoms with Gasteiger partial charge in [0.15, 0.2) is 0 Å². The molecule has 0 aliphatic carbocycles. The zero-order valence-electron chi connectivity index (χ0n) is 11.7. The van der Waals surface area contributed by atoms with Crippen molar-refractivity contribution in [2.45, 2.75) is 26.3 Å². The highest BCUT2D eigenvalue weighted by Gasteiger charge is 2.13. The second kappa shape index (κ2) is 6.24. The topological polar surface area (TPSA) is 76.4 Å². The van der Waals surface area contributed by atoms with Gasteiger partial charge in [0.1, 0.15) is 11.7 Å². The van der Waals surface area contributed by atoms with Gasteiger partial charge in [-0.15, -0.1) is 11.6 Å². The smallest absolute Gasteiger partial charge is 0.115 e. The van der Waals surface area contributed by atoms with Crippen LogP contribution < -0.4 is 5.73 Å². The van der Waals surface area contributed by atoms with Crippen LogP contribution in [-0.4, -0.2) is 33.0 Å². The van der Waals surface area contributed by atoms with Gasteiger partial charge in [-0.2, -0.15) is 0 Å². The number of aliphatic imine (C=N–C) groups is 1. The molecular formula is C14H19ClN4O. The molecule has 2 aromatic rings. The van der Waals surface area contributed by atoms with Gasteiger partial charge < -0.3 is 15.4 Å². The summed E-state index contributed by atoms with van der Waals surface area (Å²) >= 11 is 5.63. The lowest BCUT2D eigenvalue weighted by Gasteiger charge is -2.09. The van der Waals surface area contributed by atoms with Gasteiger partial charge in [-0.3, -0.25) is 0 Å². The number of aromatic nitrogens is 2. The van der Waals surface area contributed by atoms with Gasteiger partial charge in [-0.05, 0) is 18.2 Å². The maximum absolute atomic E-state index is 9.21. The molecule has 0 fully saturated rings. The highest BCUT2D eigenvalue weighted by molar-refractivity contribution is 6.28. The molecule has 1 aromatic carbocycles. The zero-order chi connectivity index (χ0) is 14.7. The van der Waals surface area contributed by atoms with Crippen LogP contribution >= 0.6 is 11.6 Å². The largest absolute Gasteiger partial charge is 0.395 e. The van der Waals surface area contributed by atoms with Crippen LogP contribution in [0.25, 0.3) is 11.0 Å². The van der Waals surface area contributed by atoms with Crippen molar-refractivity contribution in [2.24, 2.45) is 10.7 Å². The van der Waals surface area contributed by atoms with Gasteiger partial charge in [0.2, 0.25) is 0 Å². The molecule has 0 amide bonds. The number of amidine groups is 1. The fourth-order valence-corrected chi connectivity index (χ4v) is 2.24. The molecule has 2 rings (SSSR count). The van der Waals surface area contributed by atoms with Crippen LogP contribution in [0.3, 0.4) is 0 Å². The van der Waals surface area contributed by atoms with Crippen LogP contribution in [0.2, 0.25) is 0 Å².